The van der Waals surface area contributed by atoms with Crippen LogP contribution < -0.4 is 30.5 Å². The number of para-hydroxylation sites is 2. The third-order valence-electron chi connectivity index (χ3n) is 5.94. The molecule has 4 rings (SSSR count). The topological polar surface area (TPSA) is 115 Å². The number of methoxy groups -OCH3 is 1. The highest BCUT2D eigenvalue weighted by molar-refractivity contribution is 6.29. The highest BCUT2D eigenvalue weighted by Gasteiger charge is 2.24. The van der Waals surface area contributed by atoms with E-state index in [1.807, 2.05) is 61.3 Å². The van der Waals surface area contributed by atoms with Crippen LogP contribution in [0.4, 0.5) is 40.2 Å². The van der Waals surface area contributed by atoms with E-state index in [1.165, 1.54) is 0 Å². The van der Waals surface area contributed by atoms with E-state index < -0.39 is 0 Å². The van der Waals surface area contributed by atoms with Crippen molar-refractivity contribution in [3.8, 4) is 5.75 Å². The number of benzene rings is 2. The SMILES string of the molecule is COc1cc(N(C)CCN(C)C)c(NC(=O)CCl)cc1Nc1nccc(N2CC(=O)Nc3ccccc32)n1. The van der Waals surface area contributed by atoms with Gasteiger partial charge < -0.3 is 35.4 Å². The molecule has 0 spiro atoms. The first-order chi connectivity index (χ1) is 18.3. The molecule has 0 saturated heterocycles. The average Bonchev–Trinajstić information content (AvgIpc) is 2.91. The molecule has 1 aliphatic rings. The Labute approximate surface area is 226 Å². The number of alkyl halides is 1. The summed E-state index contributed by atoms with van der Waals surface area (Å²) in [5, 5.41) is 8.95. The molecular weight excluding hydrogens is 508 g/mol. The number of rotatable bonds is 10. The first-order valence-corrected chi connectivity index (χ1v) is 12.5. The van der Waals surface area contributed by atoms with Gasteiger partial charge in [-0.15, -0.1) is 11.6 Å². The lowest BCUT2D eigenvalue weighted by atomic mass is 10.2. The predicted octanol–water partition coefficient (Wildman–Crippen LogP) is 3.49. The van der Waals surface area contributed by atoms with E-state index >= 15 is 0 Å². The third-order valence-corrected chi connectivity index (χ3v) is 6.18. The number of anilines is 7. The van der Waals surface area contributed by atoms with E-state index in [1.54, 1.807) is 25.4 Å². The maximum absolute atomic E-state index is 12.3. The number of halogens is 1. The number of amides is 2. The fourth-order valence-electron chi connectivity index (χ4n) is 4.02. The molecule has 11 nitrogen and oxygen atoms in total. The summed E-state index contributed by atoms with van der Waals surface area (Å²) in [4.78, 5) is 39.5. The molecule has 2 heterocycles. The molecule has 0 unspecified atom stereocenters. The summed E-state index contributed by atoms with van der Waals surface area (Å²) in [6.45, 7) is 1.67. The number of carbonyl (C=O) groups excluding carboxylic acids is 2. The molecule has 0 fully saturated rings. The summed E-state index contributed by atoms with van der Waals surface area (Å²) in [7, 11) is 7.52. The fourth-order valence-corrected chi connectivity index (χ4v) is 4.09. The van der Waals surface area contributed by atoms with E-state index in [0.717, 1.165) is 24.5 Å². The van der Waals surface area contributed by atoms with Crippen LogP contribution in [-0.4, -0.2) is 80.4 Å². The van der Waals surface area contributed by atoms with Gasteiger partial charge in [0.2, 0.25) is 17.8 Å². The van der Waals surface area contributed by atoms with Crippen LogP contribution in [-0.2, 0) is 9.59 Å². The largest absolute Gasteiger partial charge is 0.494 e. The van der Waals surface area contributed by atoms with Gasteiger partial charge in [0.25, 0.3) is 0 Å². The number of likely N-dealkylation sites (N-methyl/N-ethyl adjacent to an activating group) is 2. The van der Waals surface area contributed by atoms with Gasteiger partial charge in [-0.3, -0.25) is 9.59 Å². The summed E-state index contributed by atoms with van der Waals surface area (Å²) >= 11 is 5.78. The second-order valence-corrected chi connectivity index (χ2v) is 9.26. The number of nitrogens with one attached hydrogen (secondary N) is 3. The first kappa shape index (κ1) is 27.0. The lowest BCUT2D eigenvalue weighted by Gasteiger charge is -2.30. The number of hydrogen-bond acceptors (Lipinski definition) is 9. The normalized spacial score (nSPS) is 12.6. The highest BCUT2D eigenvalue weighted by atomic mass is 35.5. The second-order valence-electron chi connectivity index (χ2n) is 8.99. The molecule has 200 valence electrons. The predicted molar refractivity (Wildman–Crippen MR) is 152 cm³/mol. The Hall–Kier alpha value is -4.09. The van der Waals surface area contributed by atoms with Crippen molar-refractivity contribution in [3.05, 3.63) is 48.7 Å². The van der Waals surface area contributed by atoms with E-state index in [2.05, 4.69) is 30.8 Å². The second kappa shape index (κ2) is 12.0. The van der Waals surface area contributed by atoms with Gasteiger partial charge in [0.1, 0.15) is 24.0 Å². The molecule has 0 atom stereocenters. The van der Waals surface area contributed by atoms with E-state index in [9.17, 15) is 9.59 Å². The van der Waals surface area contributed by atoms with Crippen molar-refractivity contribution in [2.45, 2.75) is 0 Å². The van der Waals surface area contributed by atoms with Crippen LogP contribution in [0.25, 0.3) is 0 Å². The van der Waals surface area contributed by atoms with Crippen molar-refractivity contribution in [1.82, 2.24) is 14.9 Å². The number of carbonyl (C=O) groups is 2. The van der Waals surface area contributed by atoms with Crippen LogP contribution in [0.3, 0.4) is 0 Å². The van der Waals surface area contributed by atoms with Crippen molar-refractivity contribution in [1.29, 1.82) is 0 Å². The number of nitrogens with zero attached hydrogens (tertiary/aromatic N) is 5. The van der Waals surface area contributed by atoms with Gasteiger partial charge >= 0.3 is 0 Å². The molecule has 2 aromatic carbocycles. The molecule has 12 heteroatoms. The van der Waals surface area contributed by atoms with Crippen LogP contribution in [0.5, 0.6) is 5.75 Å². The van der Waals surface area contributed by atoms with Crippen molar-refractivity contribution in [3.63, 3.8) is 0 Å². The Bertz CT molecular complexity index is 1320. The van der Waals surface area contributed by atoms with Crippen LogP contribution in [0.1, 0.15) is 0 Å². The molecular formula is C26H31ClN8O3. The molecule has 1 aliphatic heterocycles. The molecule has 1 aromatic heterocycles. The van der Waals surface area contributed by atoms with E-state index in [-0.39, 0.29) is 24.2 Å². The number of ether oxygens (including phenoxy) is 1. The number of fused-ring (bicyclic) bond motifs is 1. The van der Waals surface area contributed by atoms with Gasteiger partial charge in [-0.1, -0.05) is 12.1 Å². The van der Waals surface area contributed by atoms with Gasteiger partial charge in [-0.2, -0.15) is 4.98 Å². The Morgan fingerprint density at radius 1 is 1.16 bits per heavy atom. The smallest absolute Gasteiger partial charge is 0.244 e. The molecule has 2 amide bonds. The van der Waals surface area contributed by atoms with Crippen molar-refractivity contribution in [2.24, 2.45) is 0 Å². The standard InChI is InChI=1S/C26H31ClN8O3/c1-33(2)11-12-34(3)21-14-22(38-4)19(13-18(21)30-24(36)15-27)31-26-28-10-9-23(32-26)35-16-25(37)29-17-7-5-6-8-20(17)35/h5-10,13-14H,11-12,15-16H2,1-4H3,(H,29,37)(H,30,36)(H,28,31,32). The lowest BCUT2D eigenvalue weighted by molar-refractivity contribution is -0.115. The van der Waals surface area contributed by atoms with Gasteiger partial charge in [-0.25, -0.2) is 4.98 Å². The lowest BCUT2D eigenvalue weighted by Crippen LogP contribution is -2.35. The minimum Gasteiger partial charge on any atom is -0.494 e. The molecule has 0 bridgehead atoms. The fraction of sp³-hybridized carbons (Fsp3) is 0.308. The Balaban J connectivity index is 1.67. The van der Waals surface area contributed by atoms with Gasteiger partial charge in [-0.05, 0) is 38.4 Å². The van der Waals surface area contributed by atoms with Crippen molar-refractivity contribution in [2.75, 3.05) is 79.5 Å². The Morgan fingerprint density at radius 3 is 2.68 bits per heavy atom. The molecule has 0 saturated carbocycles. The minimum atomic E-state index is -0.328. The molecule has 3 aromatic rings. The maximum Gasteiger partial charge on any atom is 0.244 e. The molecule has 38 heavy (non-hydrogen) atoms. The number of hydrogen-bond donors (Lipinski definition) is 3. The summed E-state index contributed by atoms with van der Waals surface area (Å²) in [5.74, 6) is 0.757. The monoisotopic (exact) mass is 538 g/mol. The van der Waals surface area contributed by atoms with Crippen LogP contribution in [0.15, 0.2) is 48.7 Å². The summed E-state index contributed by atoms with van der Waals surface area (Å²) in [6, 6.07) is 12.9. The summed E-state index contributed by atoms with van der Waals surface area (Å²) in [5.41, 5.74) is 3.45. The minimum absolute atomic E-state index is 0.124. The Morgan fingerprint density at radius 2 is 1.95 bits per heavy atom. The highest BCUT2D eigenvalue weighted by Crippen LogP contribution is 2.38. The third kappa shape index (κ3) is 6.24. The van der Waals surface area contributed by atoms with Gasteiger partial charge in [0.05, 0.1) is 35.5 Å². The van der Waals surface area contributed by atoms with Crippen LogP contribution in [0.2, 0.25) is 0 Å². The van der Waals surface area contributed by atoms with Crippen LogP contribution >= 0.6 is 11.6 Å². The summed E-state index contributed by atoms with van der Waals surface area (Å²) in [6.07, 6.45) is 1.62. The van der Waals surface area contributed by atoms with E-state index in [0.29, 0.717) is 34.6 Å². The first-order valence-electron chi connectivity index (χ1n) is 12.0. The zero-order valence-corrected chi connectivity index (χ0v) is 22.5. The Kier molecular flexibility index (Phi) is 8.49. The maximum atomic E-state index is 12.3. The zero-order chi connectivity index (χ0) is 27.2. The van der Waals surface area contributed by atoms with E-state index in [4.69, 9.17) is 16.3 Å². The van der Waals surface area contributed by atoms with Crippen LogP contribution in [0, 0.1) is 0 Å². The molecule has 0 radical (unpaired) electrons. The van der Waals surface area contributed by atoms with Gasteiger partial charge in [0, 0.05) is 32.4 Å². The van der Waals surface area contributed by atoms with Gasteiger partial charge in [0.15, 0.2) is 0 Å². The molecule has 3 N–H and O–H groups in total. The zero-order valence-electron chi connectivity index (χ0n) is 21.8. The molecule has 0 aliphatic carbocycles. The average molecular weight is 539 g/mol. The quantitative estimate of drug-likeness (QED) is 0.334. The number of aromatic nitrogens is 2. The summed E-state index contributed by atoms with van der Waals surface area (Å²) < 4.78 is 5.67. The van der Waals surface area contributed by atoms with Crippen molar-refractivity contribution >= 4 is 63.6 Å². The van der Waals surface area contributed by atoms with Crippen molar-refractivity contribution < 1.29 is 14.3 Å².